The van der Waals surface area contributed by atoms with E-state index in [0.717, 1.165) is 18.7 Å². The monoisotopic (exact) mass is 252 g/mol. The van der Waals surface area contributed by atoms with Crippen molar-refractivity contribution >= 4 is 11.3 Å². The summed E-state index contributed by atoms with van der Waals surface area (Å²) in [5, 5.41) is 19.7. The Bertz CT molecular complexity index is 357. The van der Waals surface area contributed by atoms with Crippen LogP contribution in [0, 0.1) is 11.3 Å². The van der Waals surface area contributed by atoms with Crippen LogP contribution < -0.4 is 0 Å². The number of aliphatic hydroxyl groups is 1. The van der Waals surface area contributed by atoms with Crippen molar-refractivity contribution in [1.82, 2.24) is 4.90 Å². The Hall–Kier alpha value is -0.890. The molecule has 1 heterocycles. The average molecular weight is 252 g/mol. The van der Waals surface area contributed by atoms with Gasteiger partial charge in [0.2, 0.25) is 0 Å². The van der Waals surface area contributed by atoms with Crippen LogP contribution in [0.25, 0.3) is 0 Å². The molecule has 0 radical (unpaired) electrons. The van der Waals surface area contributed by atoms with Crippen LogP contribution in [0.1, 0.15) is 36.6 Å². The third-order valence-corrected chi connectivity index (χ3v) is 3.58. The summed E-state index contributed by atoms with van der Waals surface area (Å²) in [5.74, 6) is 0. The molecule has 0 amide bonds. The standard InChI is InChI=1S/C13H20N2OS/c1-2-3-4-5-15(6-7-16)10-13-8-12(9-14)11-17-13/h8,11,16H,2-7,10H2,1H3. The number of rotatable bonds is 8. The van der Waals surface area contributed by atoms with Crippen molar-refractivity contribution in [2.24, 2.45) is 0 Å². The zero-order valence-electron chi connectivity index (χ0n) is 10.4. The Kier molecular flexibility index (Phi) is 6.87. The summed E-state index contributed by atoms with van der Waals surface area (Å²) in [6.45, 7) is 4.96. The lowest BCUT2D eigenvalue weighted by Crippen LogP contribution is -2.27. The lowest BCUT2D eigenvalue weighted by molar-refractivity contribution is 0.189. The third kappa shape index (κ3) is 5.31. The maximum atomic E-state index is 9.03. The van der Waals surface area contributed by atoms with Crippen LogP contribution in [0.3, 0.4) is 0 Å². The van der Waals surface area contributed by atoms with Crippen molar-refractivity contribution in [1.29, 1.82) is 5.26 Å². The second-order valence-corrected chi connectivity index (χ2v) is 5.12. The molecule has 3 nitrogen and oxygen atoms in total. The molecular weight excluding hydrogens is 232 g/mol. The van der Waals surface area contributed by atoms with Gasteiger partial charge in [-0.05, 0) is 19.0 Å². The summed E-state index contributed by atoms with van der Waals surface area (Å²) in [6.07, 6.45) is 3.62. The molecule has 4 heteroatoms. The highest BCUT2D eigenvalue weighted by atomic mass is 32.1. The zero-order chi connectivity index (χ0) is 12.5. The second kappa shape index (κ2) is 8.24. The van der Waals surface area contributed by atoms with Gasteiger partial charge in [0.15, 0.2) is 0 Å². The minimum Gasteiger partial charge on any atom is -0.395 e. The van der Waals surface area contributed by atoms with Gasteiger partial charge in [0.1, 0.15) is 6.07 Å². The number of nitriles is 1. The fourth-order valence-electron chi connectivity index (χ4n) is 1.74. The highest BCUT2D eigenvalue weighted by molar-refractivity contribution is 7.10. The molecule has 0 saturated heterocycles. The molecule has 1 rings (SSSR count). The van der Waals surface area contributed by atoms with E-state index in [0.29, 0.717) is 6.54 Å². The van der Waals surface area contributed by atoms with Crippen molar-refractivity contribution in [3.8, 4) is 6.07 Å². The van der Waals surface area contributed by atoms with Gasteiger partial charge in [-0.1, -0.05) is 19.8 Å². The first-order chi connectivity index (χ1) is 8.30. The maximum absolute atomic E-state index is 9.03. The normalized spacial score (nSPS) is 10.7. The van der Waals surface area contributed by atoms with Gasteiger partial charge < -0.3 is 5.11 Å². The van der Waals surface area contributed by atoms with Gasteiger partial charge in [0.25, 0.3) is 0 Å². The molecule has 0 saturated carbocycles. The number of hydrogen-bond acceptors (Lipinski definition) is 4. The summed E-state index contributed by atoms with van der Waals surface area (Å²) in [5.41, 5.74) is 0.738. The van der Waals surface area contributed by atoms with Crippen molar-refractivity contribution in [2.75, 3.05) is 19.7 Å². The van der Waals surface area contributed by atoms with E-state index < -0.39 is 0 Å². The summed E-state index contributed by atoms with van der Waals surface area (Å²) in [6, 6.07) is 4.09. The van der Waals surface area contributed by atoms with Gasteiger partial charge in [0.05, 0.1) is 12.2 Å². The third-order valence-electron chi connectivity index (χ3n) is 2.66. The molecule has 0 bridgehead atoms. The Balaban J connectivity index is 2.45. The Morgan fingerprint density at radius 3 is 2.82 bits per heavy atom. The van der Waals surface area contributed by atoms with Gasteiger partial charge in [-0.2, -0.15) is 5.26 Å². The molecule has 0 aliphatic rings. The zero-order valence-corrected chi connectivity index (χ0v) is 11.2. The number of hydrogen-bond donors (Lipinski definition) is 1. The predicted molar refractivity (Wildman–Crippen MR) is 70.9 cm³/mol. The van der Waals surface area contributed by atoms with Gasteiger partial charge in [0, 0.05) is 23.3 Å². The Labute approximate surface area is 107 Å². The maximum Gasteiger partial charge on any atom is 0.100 e. The lowest BCUT2D eigenvalue weighted by atomic mass is 10.2. The quantitative estimate of drug-likeness (QED) is 0.723. The topological polar surface area (TPSA) is 47.3 Å². The molecule has 0 atom stereocenters. The van der Waals surface area contributed by atoms with Gasteiger partial charge >= 0.3 is 0 Å². The van der Waals surface area contributed by atoms with E-state index in [4.69, 9.17) is 10.4 Å². The average Bonchev–Trinajstić information content (AvgIpc) is 2.77. The summed E-state index contributed by atoms with van der Waals surface area (Å²) in [4.78, 5) is 3.45. The molecule has 0 aliphatic carbocycles. The van der Waals surface area contributed by atoms with E-state index in [1.54, 1.807) is 11.3 Å². The Morgan fingerprint density at radius 2 is 2.24 bits per heavy atom. The van der Waals surface area contributed by atoms with E-state index in [9.17, 15) is 0 Å². The van der Waals surface area contributed by atoms with E-state index in [1.165, 1.54) is 24.1 Å². The molecule has 0 unspecified atom stereocenters. The van der Waals surface area contributed by atoms with Crippen LogP contribution in [0.5, 0.6) is 0 Å². The van der Waals surface area contributed by atoms with Crippen LogP contribution in [-0.2, 0) is 6.54 Å². The molecule has 1 N–H and O–H groups in total. The number of thiophene rings is 1. The van der Waals surface area contributed by atoms with Crippen LogP contribution in [-0.4, -0.2) is 29.7 Å². The van der Waals surface area contributed by atoms with Crippen molar-refractivity contribution in [3.05, 3.63) is 21.9 Å². The molecule has 94 valence electrons. The predicted octanol–water partition coefficient (Wildman–Crippen LogP) is 2.60. The molecule has 1 aromatic heterocycles. The summed E-state index contributed by atoms with van der Waals surface area (Å²) < 4.78 is 0. The van der Waals surface area contributed by atoms with Crippen molar-refractivity contribution in [3.63, 3.8) is 0 Å². The van der Waals surface area contributed by atoms with Crippen LogP contribution in [0.2, 0.25) is 0 Å². The van der Waals surface area contributed by atoms with Crippen LogP contribution in [0.4, 0.5) is 0 Å². The molecule has 0 aliphatic heterocycles. The van der Waals surface area contributed by atoms with Crippen LogP contribution in [0.15, 0.2) is 11.4 Å². The molecule has 0 aromatic carbocycles. The Morgan fingerprint density at radius 1 is 1.41 bits per heavy atom. The highest BCUT2D eigenvalue weighted by Gasteiger charge is 2.07. The lowest BCUT2D eigenvalue weighted by Gasteiger charge is -2.20. The van der Waals surface area contributed by atoms with Crippen molar-refractivity contribution < 1.29 is 5.11 Å². The first-order valence-corrected chi connectivity index (χ1v) is 6.98. The minimum absolute atomic E-state index is 0.197. The smallest absolute Gasteiger partial charge is 0.100 e. The van der Waals surface area contributed by atoms with Crippen molar-refractivity contribution in [2.45, 2.75) is 32.7 Å². The molecule has 17 heavy (non-hydrogen) atoms. The largest absolute Gasteiger partial charge is 0.395 e. The van der Waals surface area contributed by atoms with Gasteiger partial charge in [-0.25, -0.2) is 0 Å². The first-order valence-electron chi connectivity index (χ1n) is 6.11. The fourth-order valence-corrected chi connectivity index (χ4v) is 2.59. The SMILES string of the molecule is CCCCCN(CCO)Cc1cc(C#N)cs1. The summed E-state index contributed by atoms with van der Waals surface area (Å²) >= 11 is 1.62. The molecule has 1 aromatic rings. The fraction of sp³-hybridized carbons (Fsp3) is 0.615. The number of aliphatic hydroxyl groups excluding tert-OH is 1. The van der Waals surface area contributed by atoms with E-state index in [1.807, 2.05) is 11.4 Å². The number of nitrogens with zero attached hydrogens (tertiary/aromatic N) is 2. The van der Waals surface area contributed by atoms with E-state index >= 15 is 0 Å². The van der Waals surface area contributed by atoms with Gasteiger partial charge in [-0.3, -0.25) is 4.90 Å². The molecule has 0 spiro atoms. The molecule has 0 fully saturated rings. The van der Waals surface area contributed by atoms with Crippen LogP contribution >= 0.6 is 11.3 Å². The molecular formula is C13H20N2OS. The van der Waals surface area contributed by atoms with E-state index in [2.05, 4.69) is 17.9 Å². The van der Waals surface area contributed by atoms with E-state index in [-0.39, 0.29) is 6.61 Å². The first kappa shape index (κ1) is 14.2. The minimum atomic E-state index is 0.197. The number of unbranched alkanes of at least 4 members (excludes halogenated alkanes) is 2. The van der Waals surface area contributed by atoms with Gasteiger partial charge in [-0.15, -0.1) is 11.3 Å². The summed E-state index contributed by atoms with van der Waals surface area (Å²) in [7, 11) is 0. The highest BCUT2D eigenvalue weighted by Crippen LogP contribution is 2.16. The second-order valence-electron chi connectivity index (χ2n) is 4.12.